The zero-order valence-corrected chi connectivity index (χ0v) is 13.0. The number of carbonyl (C=O) groups is 1. The van der Waals surface area contributed by atoms with Crippen LogP contribution >= 0.6 is 11.3 Å². The summed E-state index contributed by atoms with van der Waals surface area (Å²) >= 11 is 1.45. The summed E-state index contributed by atoms with van der Waals surface area (Å²) in [6, 6.07) is 0.473. The molecule has 2 unspecified atom stereocenters. The van der Waals surface area contributed by atoms with Gasteiger partial charge in [-0.3, -0.25) is 4.79 Å². The number of nitrogens with two attached hydrogens (primary N) is 1. The zero-order valence-electron chi connectivity index (χ0n) is 12.2. The zero-order chi connectivity index (χ0) is 14.7. The Labute approximate surface area is 127 Å². The molecule has 0 spiro atoms. The molecule has 1 aliphatic carbocycles. The quantitative estimate of drug-likeness (QED) is 0.878. The monoisotopic (exact) mass is 302 g/mol. The number of nitrogens with zero attached hydrogens (tertiary/aromatic N) is 3. The number of nitrogen functional groups attached to an aromatic ring is 1. The molecular weight excluding hydrogens is 284 g/mol. The van der Waals surface area contributed by atoms with Gasteiger partial charge in [0.15, 0.2) is 0 Å². The van der Waals surface area contributed by atoms with Crippen LogP contribution in [0.4, 0.5) is 5.82 Å². The maximum atomic E-state index is 12.9. The van der Waals surface area contributed by atoms with Gasteiger partial charge >= 0.3 is 0 Å². The van der Waals surface area contributed by atoms with E-state index in [9.17, 15) is 4.79 Å². The van der Waals surface area contributed by atoms with Gasteiger partial charge in [-0.25, -0.2) is 9.97 Å². The van der Waals surface area contributed by atoms with E-state index in [1.165, 1.54) is 24.2 Å². The highest BCUT2D eigenvalue weighted by Gasteiger charge is 2.46. The molecule has 2 aliphatic rings. The SMILES string of the molecule is Cc1nc(N)c2c(C)c(C(=O)N3CCCC4CC43)sc2n1. The van der Waals surface area contributed by atoms with Crippen molar-refractivity contribution in [2.75, 3.05) is 12.3 Å². The molecule has 1 amide bonds. The number of fused-ring (bicyclic) bond motifs is 2. The number of likely N-dealkylation sites (tertiary alicyclic amines) is 1. The first-order chi connectivity index (χ1) is 10.1. The maximum absolute atomic E-state index is 12.9. The Morgan fingerprint density at radius 3 is 3.00 bits per heavy atom. The summed E-state index contributed by atoms with van der Waals surface area (Å²) < 4.78 is 0. The van der Waals surface area contributed by atoms with E-state index >= 15 is 0 Å². The number of carbonyl (C=O) groups excluding carboxylic acids is 1. The third kappa shape index (κ3) is 1.92. The second kappa shape index (κ2) is 4.40. The van der Waals surface area contributed by atoms with E-state index in [0.717, 1.165) is 39.5 Å². The lowest BCUT2D eigenvalue weighted by Crippen LogP contribution is -2.37. The summed E-state index contributed by atoms with van der Waals surface area (Å²) in [5.74, 6) is 2.03. The predicted octanol–water partition coefficient (Wildman–Crippen LogP) is 2.51. The van der Waals surface area contributed by atoms with Gasteiger partial charge < -0.3 is 10.6 Å². The molecule has 0 aromatic carbocycles. The Kier molecular flexibility index (Phi) is 2.73. The Morgan fingerprint density at radius 1 is 1.38 bits per heavy atom. The first-order valence-electron chi connectivity index (χ1n) is 7.40. The molecule has 2 fully saturated rings. The number of hydrogen-bond donors (Lipinski definition) is 1. The van der Waals surface area contributed by atoms with Crippen molar-refractivity contribution < 1.29 is 4.79 Å². The van der Waals surface area contributed by atoms with E-state index in [-0.39, 0.29) is 5.91 Å². The van der Waals surface area contributed by atoms with E-state index in [4.69, 9.17) is 5.73 Å². The van der Waals surface area contributed by atoms with E-state index in [0.29, 0.717) is 17.7 Å². The van der Waals surface area contributed by atoms with Gasteiger partial charge in [-0.15, -0.1) is 11.3 Å². The standard InChI is InChI=1S/C15H18N4OS/c1-7-11-13(16)17-8(2)18-14(11)21-12(7)15(20)19-5-3-4-9-6-10(9)19/h9-10H,3-6H2,1-2H3,(H2,16,17,18). The van der Waals surface area contributed by atoms with Crippen LogP contribution in [0.2, 0.25) is 0 Å². The van der Waals surface area contributed by atoms with Crippen LogP contribution in [-0.4, -0.2) is 33.4 Å². The molecular formula is C15H18N4OS. The normalized spacial score (nSPS) is 24.2. The average Bonchev–Trinajstić information content (AvgIpc) is 3.15. The van der Waals surface area contributed by atoms with Crippen LogP contribution in [-0.2, 0) is 0 Å². The number of anilines is 1. The summed E-state index contributed by atoms with van der Waals surface area (Å²) in [5, 5.41) is 0.846. The van der Waals surface area contributed by atoms with Crippen molar-refractivity contribution in [1.82, 2.24) is 14.9 Å². The van der Waals surface area contributed by atoms with Crippen LogP contribution in [0.25, 0.3) is 10.2 Å². The van der Waals surface area contributed by atoms with Crippen molar-refractivity contribution in [3.05, 3.63) is 16.3 Å². The number of rotatable bonds is 1. The van der Waals surface area contributed by atoms with E-state index in [2.05, 4.69) is 14.9 Å². The van der Waals surface area contributed by atoms with Crippen LogP contribution in [0, 0.1) is 19.8 Å². The first-order valence-corrected chi connectivity index (χ1v) is 8.22. The van der Waals surface area contributed by atoms with Crippen molar-refractivity contribution >= 4 is 33.3 Å². The molecule has 2 aromatic rings. The Balaban J connectivity index is 1.78. The first kappa shape index (κ1) is 13.0. The summed E-state index contributed by atoms with van der Waals surface area (Å²) in [4.78, 5) is 25.2. The van der Waals surface area contributed by atoms with Crippen molar-refractivity contribution in [1.29, 1.82) is 0 Å². The smallest absolute Gasteiger partial charge is 0.264 e. The van der Waals surface area contributed by atoms with E-state index in [1.807, 2.05) is 13.8 Å². The summed E-state index contributed by atoms with van der Waals surface area (Å²) in [5.41, 5.74) is 6.95. The molecule has 1 saturated carbocycles. The molecule has 1 saturated heterocycles. The minimum atomic E-state index is 0.153. The van der Waals surface area contributed by atoms with Crippen LogP contribution in [0.3, 0.4) is 0 Å². The number of aromatic nitrogens is 2. The fraction of sp³-hybridized carbons (Fsp3) is 0.533. The molecule has 110 valence electrons. The molecule has 21 heavy (non-hydrogen) atoms. The molecule has 3 heterocycles. The number of piperidine rings is 1. The van der Waals surface area contributed by atoms with Gasteiger partial charge in [0.2, 0.25) is 0 Å². The number of thiophene rings is 1. The Bertz CT molecular complexity index is 754. The number of hydrogen-bond acceptors (Lipinski definition) is 5. The molecule has 4 rings (SSSR count). The minimum absolute atomic E-state index is 0.153. The van der Waals surface area contributed by atoms with Gasteiger partial charge in [0, 0.05) is 12.6 Å². The second-order valence-electron chi connectivity index (χ2n) is 6.10. The number of amides is 1. The highest BCUT2D eigenvalue weighted by Crippen LogP contribution is 2.44. The minimum Gasteiger partial charge on any atom is -0.383 e. The highest BCUT2D eigenvalue weighted by atomic mass is 32.1. The molecule has 0 radical (unpaired) electrons. The topological polar surface area (TPSA) is 72.1 Å². The Morgan fingerprint density at radius 2 is 2.19 bits per heavy atom. The third-order valence-corrected chi connectivity index (χ3v) is 5.82. The summed E-state index contributed by atoms with van der Waals surface area (Å²) in [6.07, 6.45) is 3.58. The van der Waals surface area contributed by atoms with Crippen molar-refractivity contribution in [2.45, 2.75) is 39.2 Å². The van der Waals surface area contributed by atoms with E-state index < -0.39 is 0 Å². The lowest BCUT2D eigenvalue weighted by atomic mass is 10.1. The molecule has 2 atom stereocenters. The van der Waals surface area contributed by atoms with Crippen LogP contribution in [0.1, 0.15) is 40.3 Å². The van der Waals surface area contributed by atoms with Gasteiger partial charge in [-0.05, 0) is 44.6 Å². The van der Waals surface area contributed by atoms with Crippen LogP contribution in [0.5, 0.6) is 0 Å². The highest BCUT2D eigenvalue weighted by molar-refractivity contribution is 7.20. The largest absolute Gasteiger partial charge is 0.383 e. The third-order valence-electron chi connectivity index (χ3n) is 4.64. The van der Waals surface area contributed by atoms with E-state index in [1.54, 1.807) is 0 Å². The lowest BCUT2D eigenvalue weighted by molar-refractivity contribution is 0.0710. The summed E-state index contributed by atoms with van der Waals surface area (Å²) in [6.45, 7) is 4.66. The van der Waals surface area contributed by atoms with Crippen molar-refractivity contribution in [3.8, 4) is 0 Å². The van der Waals surface area contributed by atoms with Gasteiger partial charge in [0.25, 0.3) is 5.91 Å². The van der Waals surface area contributed by atoms with Gasteiger partial charge in [0.1, 0.15) is 16.5 Å². The molecule has 2 aromatic heterocycles. The fourth-order valence-corrected chi connectivity index (χ4v) is 4.67. The van der Waals surface area contributed by atoms with Crippen LogP contribution < -0.4 is 5.73 Å². The number of aryl methyl sites for hydroxylation is 2. The van der Waals surface area contributed by atoms with Crippen molar-refractivity contribution in [3.63, 3.8) is 0 Å². The molecule has 0 bridgehead atoms. The van der Waals surface area contributed by atoms with Gasteiger partial charge in [-0.2, -0.15) is 0 Å². The second-order valence-corrected chi connectivity index (χ2v) is 7.10. The van der Waals surface area contributed by atoms with Gasteiger partial charge in [0.05, 0.1) is 10.3 Å². The maximum Gasteiger partial charge on any atom is 0.264 e. The fourth-order valence-electron chi connectivity index (χ4n) is 3.48. The Hall–Kier alpha value is -1.69. The predicted molar refractivity (Wildman–Crippen MR) is 83.5 cm³/mol. The molecule has 6 heteroatoms. The molecule has 5 nitrogen and oxygen atoms in total. The summed E-state index contributed by atoms with van der Waals surface area (Å²) in [7, 11) is 0. The molecule has 2 N–H and O–H groups in total. The van der Waals surface area contributed by atoms with Gasteiger partial charge in [-0.1, -0.05) is 0 Å². The lowest BCUT2D eigenvalue weighted by Gasteiger charge is -2.26. The average molecular weight is 302 g/mol. The van der Waals surface area contributed by atoms with Crippen molar-refractivity contribution in [2.24, 2.45) is 5.92 Å². The van der Waals surface area contributed by atoms with Crippen LogP contribution in [0.15, 0.2) is 0 Å². The molecule has 1 aliphatic heterocycles.